The van der Waals surface area contributed by atoms with E-state index in [0.29, 0.717) is 19.1 Å². The number of benzene rings is 1. The fourth-order valence-electron chi connectivity index (χ4n) is 3.73. The van der Waals surface area contributed by atoms with Gasteiger partial charge in [0.1, 0.15) is 12.4 Å². The van der Waals surface area contributed by atoms with Crippen molar-refractivity contribution >= 4 is 29.9 Å². The first-order chi connectivity index (χ1) is 15.0. The Labute approximate surface area is 207 Å². The lowest BCUT2D eigenvalue weighted by Crippen LogP contribution is -2.44. The summed E-state index contributed by atoms with van der Waals surface area (Å²) in [6.07, 6.45) is 2.26. The summed E-state index contributed by atoms with van der Waals surface area (Å²) in [5.74, 6) is 3.08. The summed E-state index contributed by atoms with van der Waals surface area (Å²) in [7, 11) is 3.74. The van der Waals surface area contributed by atoms with Crippen molar-refractivity contribution in [3.8, 4) is 5.75 Å². The highest BCUT2D eigenvalue weighted by Gasteiger charge is 2.21. The van der Waals surface area contributed by atoms with Crippen molar-refractivity contribution in [1.29, 1.82) is 0 Å². The number of nitrogens with one attached hydrogen (secondary N) is 1. The van der Waals surface area contributed by atoms with E-state index in [-0.39, 0.29) is 35.5 Å². The Morgan fingerprint density at radius 2 is 2.03 bits per heavy atom. The van der Waals surface area contributed by atoms with Crippen LogP contribution in [0.25, 0.3) is 0 Å². The third kappa shape index (κ3) is 7.61. The summed E-state index contributed by atoms with van der Waals surface area (Å²) in [6.45, 7) is 8.68. The largest absolute Gasteiger partial charge is 0.489 e. The fourth-order valence-corrected chi connectivity index (χ4v) is 3.73. The van der Waals surface area contributed by atoms with Crippen molar-refractivity contribution in [1.82, 2.24) is 20.1 Å². The van der Waals surface area contributed by atoms with Gasteiger partial charge in [-0.2, -0.15) is 0 Å². The number of piperidine rings is 1. The van der Waals surface area contributed by atoms with Gasteiger partial charge in [-0.3, -0.25) is 9.89 Å². The molecule has 0 bridgehead atoms. The number of halogens is 2. The number of aromatic nitrogens is 1. The molecule has 0 radical (unpaired) electrons. The number of rotatable bonds is 8. The van der Waals surface area contributed by atoms with Crippen LogP contribution in [-0.4, -0.2) is 67.6 Å². The maximum Gasteiger partial charge on any atom is 0.208 e. The predicted octanol–water partition coefficient (Wildman–Crippen LogP) is 3.85. The van der Waals surface area contributed by atoms with Crippen molar-refractivity contribution in [2.45, 2.75) is 33.2 Å². The van der Waals surface area contributed by atoms with Gasteiger partial charge in [0.15, 0.2) is 17.5 Å². The summed E-state index contributed by atoms with van der Waals surface area (Å²) in [6, 6.07) is 6.46. The Morgan fingerprint density at radius 1 is 1.31 bits per heavy atom. The van der Waals surface area contributed by atoms with Crippen LogP contribution in [0.4, 0.5) is 4.39 Å². The van der Waals surface area contributed by atoms with E-state index < -0.39 is 0 Å². The number of hydrogen-bond acceptors (Lipinski definition) is 5. The first-order valence-electron chi connectivity index (χ1n) is 10.9. The fraction of sp³-hybridized carbons (Fsp3) is 0.565. The monoisotopic (exact) mass is 559 g/mol. The lowest BCUT2D eigenvalue weighted by atomic mass is 9.97. The minimum absolute atomic E-state index is 0. The molecule has 32 heavy (non-hydrogen) atoms. The Hall–Kier alpha value is -1.88. The molecule has 2 aromatic rings. The van der Waals surface area contributed by atoms with Gasteiger partial charge in [-0.05, 0) is 57.8 Å². The molecule has 0 aliphatic carbocycles. The Kier molecular flexibility index (Phi) is 10.7. The lowest BCUT2D eigenvalue weighted by molar-refractivity contribution is 0.163. The van der Waals surface area contributed by atoms with Gasteiger partial charge >= 0.3 is 0 Å². The molecule has 1 aliphatic rings. The van der Waals surface area contributed by atoms with E-state index in [1.165, 1.54) is 6.07 Å². The standard InChI is InChI=1S/C23H34FN5O2.HI/c1-17-18(2)31-22(27-17)16-29-11-9-19(10-12-29)15-26-23(25-3)28(4)13-14-30-21-8-6-5-7-20(21)24;/h5-8,19H,9-16H2,1-4H3,(H,25,26);1H. The zero-order chi connectivity index (χ0) is 22.2. The molecule has 1 aliphatic heterocycles. The average molecular weight is 559 g/mol. The van der Waals surface area contributed by atoms with E-state index in [4.69, 9.17) is 9.15 Å². The van der Waals surface area contributed by atoms with E-state index in [2.05, 4.69) is 20.2 Å². The SMILES string of the molecule is CN=C(NCC1CCN(Cc2nc(C)c(C)o2)CC1)N(C)CCOc1ccccc1F.I. The van der Waals surface area contributed by atoms with Gasteiger partial charge in [-0.1, -0.05) is 12.1 Å². The van der Waals surface area contributed by atoms with E-state index in [1.807, 2.05) is 25.8 Å². The second-order valence-corrected chi connectivity index (χ2v) is 8.10. The number of oxazole rings is 1. The number of likely N-dealkylation sites (tertiary alicyclic amines) is 1. The van der Waals surface area contributed by atoms with Gasteiger partial charge in [-0.15, -0.1) is 24.0 Å². The second-order valence-electron chi connectivity index (χ2n) is 8.10. The van der Waals surface area contributed by atoms with Crippen molar-refractivity contribution < 1.29 is 13.5 Å². The molecule has 3 rings (SSSR count). The highest BCUT2D eigenvalue weighted by molar-refractivity contribution is 14.0. The molecule has 0 spiro atoms. The zero-order valence-electron chi connectivity index (χ0n) is 19.4. The highest BCUT2D eigenvalue weighted by atomic mass is 127. The van der Waals surface area contributed by atoms with Gasteiger partial charge in [0.2, 0.25) is 5.89 Å². The summed E-state index contributed by atoms with van der Waals surface area (Å²) in [5.41, 5.74) is 0.976. The van der Waals surface area contributed by atoms with Crippen LogP contribution in [0.15, 0.2) is 33.7 Å². The molecular formula is C23H35FIN5O2. The molecular weight excluding hydrogens is 524 g/mol. The minimum Gasteiger partial charge on any atom is -0.489 e. The lowest BCUT2D eigenvalue weighted by Gasteiger charge is -2.32. The van der Waals surface area contributed by atoms with Crippen LogP contribution in [0.2, 0.25) is 0 Å². The Bertz CT molecular complexity index is 848. The number of guanidine groups is 1. The first kappa shape index (κ1) is 26.4. The number of ether oxygens (including phenoxy) is 1. The van der Waals surface area contributed by atoms with Crippen LogP contribution in [-0.2, 0) is 6.54 Å². The molecule has 7 nitrogen and oxygen atoms in total. The second kappa shape index (κ2) is 13.0. The van der Waals surface area contributed by atoms with Crippen molar-refractivity contribution in [3.63, 3.8) is 0 Å². The number of likely N-dealkylation sites (N-methyl/N-ethyl adjacent to an activating group) is 1. The third-order valence-corrected chi connectivity index (χ3v) is 5.78. The molecule has 0 unspecified atom stereocenters. The number of hydrogen-bond donors (Lipinski definition) is 1. The molecule has 1 fully saturated rings. The van der Waals surface area contributed by atoms with Crippen LogP contribution in [0, 0.1) is 25.6 Å². The normalized spacial score (nSPS) is 15.3. The van der Waals surface area contributed by atoms with Crippen LogP contribution < -0.4 is 10.1 Å². The van der Waals surface area contributed by atoms with Crippen LogP contribution in [0.3, 0.4) is 0 Å². The number of aliphatic imine (C=N–C) groups is 1. The van der Waals surface area contributed by atoms with Gasteiger partial charge < -0.3 is 19.4 Å². The Morgan fingerprint density at radius 3 is 2.66 bits per heavy atom. The maximum absolute atomic E-state index is 13.6. The molecule has 1 aromatic carbocycles. The van der Waals surface area contributed by atoms with E-state index in [1.54, 1.807) is 25.2 Å². The smallest absolute Gasteiger partial charge is 0.208 e. The topological polar surface area (TPSA) is 66.1 Å². The van der Waals surface area contributed by atoms with Crippen LogP contribution >= 0.6 is 24.0 Å². The summed E-state index contributed by atoms with van der Waals surface area (Å²) < 4.78 is 24.9. The summed E-state index contributed by atoms with van der Waals surface area (Å²) in [5, 5.41) is 3.47. The average Bonchev–Trinajstić information content (AvgIpc) is 3.07. The van der Waals surface area contributed by atoms with Crippen LogP contribution in [0.1, 0.15) is 30.2 Å². The molecule has 1 aromatic heterocycles. The number of nitrogens with zero attached hydrogens (tertiary/aromatic N) is 4. The van der Waals surface area contributed by atoms with E-state index in [0.717, 1.165) is 62.3 Å². The van der Waals surface area contributed by atoms with E-state index in [9.17, 15) is 4.39 Å². The van der Waals surface area contributed by atoms with Crippen LogP contribution in [0.5, 0.6) is 5.75 Å². The quantitative estimate of drug-likeness (QED) is 0.301. The Balaban J connectivity index is 0.00000363. The van der Waals surface area contributed by atoms with E-state index >= 15 is 0 Å². The third-order valence-electron chi connectivity index (χ3n) is 5.78. The van der Waals surface area contributed by atoms with Crippen molar-refractivity contribution in [2.75, 3.05) is 46.9 Å². The predicted molar refractivity (Wildman–Crippen MR) is 135 cm³/mol. The van der Waals surface area contributed by atoms with Gasteiger partial charge in [0.25, 0.3) is 0 Å². The van der Waals surface area contributed by atoms with Gasteiger partial charge in [-0.25, -0.2) is 9.37 Å². The van der Waals surface area contributed by atoms with Crippen molar-refractivity contribution in [3.05, 3.63) is 47.4 Å². The van der Waals surface area contributed by atoms with Crippen molar-refractivity contribution in [2.24, 2.45) is 10.9 Å². The molecule has 178 valence electrons. The summed E-state index contributed by atoms with van der Waals surface area (Å²) >= 11 is 0. The molecule has 9 heteroatoms. The molecule has 1 saturated heterocycles. The highest BCUT2D eigenvalue weighted by Crippen LogP contribution is 2.19. The summed E-state index contributed by atoms with van der Waals surface area (Å²) in [4.78, 5) is 13.3. The number of para-hydroxylation sites is 1. The molecule has 1 N–H and O–H groups in total. The molecule has 0 atom stereocenters. The number of aryl methyl sites for hydroxylation is 2. The minimum atomic E-state index is -0.341. The van der Waals surface area contributed by atoms with Gasteiger partial charge in [0, 0.05) is 20.6 Å². The van der Waals surface area contributed by atoms with Gasteiger partial charge in [0.05, 0.1) is 18.8 Å². The molecule has 0 amide bonds. The maximum atomic E-state index is 13.6. The zero-order valence-corrected chi connectivity index (χ0v) is 21.8. The first-order valence-corrected chi connectivity index (χ1v) is 10.9. The molecule has 0 saturated carbocycles. The molecule has 2 heterocycles.